The van der Waals surface area contributed by atoms with Gasteiger partial charge in [-0.2, -0.15) is 0 Å². The van der Waals surface area contributed by atoms with Gasteiger partial charge < -0.3 is 4.90 Å². The Labute approximate surface area is 352 Å². The Morgan fingerprint density at radius 3 is 1.68 bits per heavy atom. The second-order valence-electron chi connectivity index (χ2n) is 16.5. The van der Waals surface area contributed by atoms with E-state index in [2.05, 4.69) is 243 Å². The molecule has 0 heterocycles. The fourth-order valence-corrected chi connectivity index (χ4v) is 9.67. The van der Waals surface area contributed by atoms with Crippen molar-refractivity contribution in [3.63, 3.8) is 0 Å². The standard InChI is InChI=1S/C59H43N/c1-59(2)54-25-13-11-23-52(54)58-51(24-15-26-55(58)59)50-22-12-14-27-56(50)60(57-37-33-45(40-16-5-3-6-17-40)39-53(57)42-18-7-4-8-19-42)47-34-30-41(31-35-47)44-32-36-49-46(38-44)29-28-43-20-9-10-21-48(43)49/h3-39H,1-2H3. The third kappa shape index (κ3) is 5.93. The maximum atomic E-state index is 2.48. The summed E-state index contributed by atoms with van der Waals surface area (Å²) < 4.78 is 0. The van der Waals surface area contributed by atoms with Crippen LogP contribution in [0.2, 0.25) is 0 Å². The third-order valence-corrected chi connectivity index (χ3v) is 12.7. The minimum absolute atomic E-state index is 0.101. The number of fused-ring (bicyclic) bond motifs is 6. The molecule has 0 amide bonds. The van der Waals surface area contributed by atoms with Crippen molar-refractivity contribution < 1.29 is 0 Å². The maximum absolute atomic E-state index is 2.48. The molecule has 1 heteroatoms. The molecular formula is C59H43N. The quantitative estimate of drug-likeness (QED) is 0.146. The van der Waals surface area contributed by atoms with Gasteiger partial charge in [0.1, 0.15) is 0 Å². The van der Waals surface area contributed by atoms with E-state index in [-0.39, 0.29) is 5.41 Å². The zero-order valence-electron chi connectivity index (χ0n) is 33.8. The van der Waals surface area contributed by atoms with Crippen LogP contribution in [-0.4, -0.2) is 0 Å². The normalized spacial score (nSPS) is 12.6. The van der Waals surface area contributed by atoms with Crippen LogP contribution in [0.4, 0.5) is 17.1 Å². The van der Waals surface area contributed by atoms with Gasteiger partial charge in [0.15, 0.2) is 0 Å². The van der Waals surface area contributed by atoms with E-state index < -0.39 is 0 Å². The fraction of sp³-hybridized carbons (Fsp3) is 0.0508. The van der Waals surface area contributed by atoms with Crippen LogP contribution in [0.1, 0.15) is 25.0 Å². The number of hydrogen-bond acceptors (Lipinski definition) is 1. The molecule has 0 aliphatic heterocycles. The van der Waals surface area contributed by atoms with Crippen molar-refractivity contribution >= 4 is 38.6 Å². The molecule has 0 saturated carbocycles. The Balaban J connectivity index is 1.12. The highest BCUT2D eigenvalue weighted by Gasteiger charge is 2.37. The van der Waals surface area contributed by atoms with E-state index in [1.165, 1.54) is 88.3 Å². The first-order valence-electron chi connectivity index (χ1n) is 20.9. The molecule has 284 valence electrons. The molecular weight excluding hydrogens is 723 g/mol. The first-order chi connectivity index (χ1) is 29.5. The smallest absolute Gasteiger partial charge is 0.0540 e. The average molecular weight is 766 g/mol. The van der Waals surface area contributed by atoms with Crippen LogP contribution >= 0.6 is 0 Å². The summed E-state index contributed by atoms with van der Waals surface area (Å²) in [6, 6.07) is 82.5. The molecule has 0 saturated heterocycles. The van der Waals surface area contributed by atoms with E-state index >= 15 is 0 Å². The Hall–Kier alpha value is -7.48. The van der Waals surface area contributed by atoms with Gasteiger partial charge in [-0.1, -0.05) is 202 Å². The summed E-state index contributed by atoms with van der Waals surface area (Å²) in [4.78, 5) is 2.48. The lowest BCUT2D eigenvalue weighted by Gasteiger charge is -2.31. The molecule has 10 aromatic rings. The largest absolute Gasteiger partial charge is 0.309 e. The highest BCUT2D eigenvalue weighted by Crippen LogP contribution is 2.54. The molecule has 0 radical (unpaired) electrons. The molecule has 11 rings (SSSR count). The monoisotopic (exact) mass is 765 g/mol. The second-order valence-corrected chi connectivity index (χ2v) is 16.5. The van der Waals surface area contributed by atoms with Gasteiger partial charge in [0.05, 0.1) is 11.4 Å². The number of rotatable bonds is 7. The molecule has 0 fully saturated rings. The zero-order valence-corrected chi connectivity index (χ0v) is 33.8. The summed E-state index contributed by atoms with van der Waals surface area (Å²) in [6.45, 7) is 4.72. The summed E-state index contributed by atoms with van der Waals surface area (Å²) in [5.74, 6) is 0. The number of anilines is 3. The van der Waals surface area contributed by atoms with Crippen molar-refractivity contribution in [2.75, 3.05) is 4.90 Å². The molecule has 0 spiro atoms. The van der Waals surface area contributed by atoms with Gasteiger partial charge in [0.2, 0.25) is 0 Å². The molecule has 1 aliphatic carbocycles. The van der Waals surface area contributed by atoms with E-state index in [1.807, 2.05) is 0 Å². The van der Waals surface area contributed by atoms with E-state index in [9.17, 15) is 0 Å². The van der Waals surface area contributed by atoms with Crippen molar-refractivity contribution in [3.05, 3.63) is 236 Å². The predicted octanol–water partition coefficient (Wildman–Crippen LogP) is 16.4. The van der Waals surface area contributed by atoms with Crippen LogP contribution in [0.3, 0.4) is 0 Å². The number of benzene rings is 10. The van der Waals surface area contributed by atoms with Crippen molar-refractivity contribution in [3.8, 4) is 55.6 Å². The molecule has 0 bridgehead atoms. The first kappa shape index (κ1) is 35.7. The minimum atomic E-state index is -0.101. The van der Waals surface area contributed by atoms with Gasteiger partial charge in [-0.15, -0.1) is 0 Å². The molecule has 0 aromatic heterocycles. The van der Waals surface area contributed by atoms with Crippen molar-refractivity contribution in [1.82, 2.24) is 0 Å². The average Bonchev–Trinajstić information content (AvgIpc) is 3.56. The Bertz CT molecular complexity index is 3210. The lowest BCUT2D eigenvalue weighted by molar-refractivity contribution is 0.660. The van der Waals surface area contributed by atoms with E-state index in [1.54, 1.807) is 0 Å². The van der Waals surface area contributed by atoms with Crippen LogP contribution in [0, 0.1) is 0 Å². The molecule has 1 aliphatic rings. The van der Waals surface area contributed by atoms with Crippen LogP contribution < -0.4 is 4.90 Å². The van der Waals surface area contributed by atoms with Crippen LogP contribution in [0.5, 0.6) is 0 Å². The van der Waals surface area contributed by atoms with Gasteiger partial charge in [0.25, 0.3) is 0 Å². The third-order valence-electron chi connectivity index (χ3n) is 12.7. The lowest BCUT2D eigenvalue weighted by atomic mass is 9.82. The summed E-state index contributed by atoms with van der Waals surface area (Å²) in [5, 5.41) is 5.08. The molecule has 10 aromatic carbocycles. The van der Waals surface area contributed by atoms with Gasteiger partial charge in [-0.3, -0.25) is 0 Å². The molecule has 0 unspecified atom stereocenters. The molecule has 1 nitrogen and oxygen atoms in total. The van der Waals surface area contributed by atoms with Crippen molar-refractivity contribution in [2.24, 2.45) is 0 Å². The minimum Gasteiger partial charge on any atom is -0.309 e. The van der Waals surface area contributed by atoms with Crippen LogP contribution in [0.25, 0.3) is 77.2 Å². The lowest BCUT2D eigenvalue weighted by Crippen LogP contribution is -2.15. The van der Waals surface area contributed by atoms with Crippen molar-refractivity contribution in [2.45, 2.75) is 19.3 Å². The predicted molar refractivity (Wildman–Crippen MR) is 255 cm³/mol. The van der Waals surface area contributed by atoms with E-state index in [0.717, 1.165) is 17.1 Å². The molecule has 60 heavy (non-hydrogen) atoms. The van der Waals surface area contributed by atoms with Gasteiger partial charge in [-0.05, 0) is 114 Å². The van der Waals surface area contributed by atoms with Gasteiger partial charge >= 0.3 is 0 Å². The van der Waals surface area contributed by atoms with Crippen molar-refractivity contribution in [1.29, 1.82) is 0 Å². The second kappa shape index (κ2) is 14.4. The SMILES string of the molecule is CC1(C)c2ccccc2-c2c(-c3ccccc3N(c3ccc(-c4ccc5c(ccc6ccccc65)c4)cc3)c3ccc(-c4ccccc4)cc3-c3ccccc3)cccc21. The summed E-state index contributed by atoms with van der Waals surface area (Å²) in [7, 11) is 0. The van der Waals surface area contributed by atoms with E-state index in [0.29, 0.717) is 0 Å². The summed E-state index contributed by atoms with van der Waals surface area (Å²) >= 11 is 0. The van der Waals surface area contributed by atoms with Crippen LogP contribution in [0.15, 0.2) is 224 Å². The number of hydrogen-bond donors (Lipinski definition) is 0. The van der Waals surface area contributed by atoms with Gasteiger partial charge in [-0.25, -0.2) is 0 Å². The Kier molecular flexibility index (Phi) is 8.57. The van der Waals surface area contributed by atoms with E-state index in [4.69, 9.17) is 0 Å². The molecule has 0 atom stereocenters. The van der Waals surface area contributed by atoms with Gasteiger partial charge in [0, 0.05) is 22.2 Å². The Morgan fingerprint density at radius 1 is 0.317 bits per heavy atom. The number of para-hydroxylation sites is 1. The summed E-state index contributed by atoms with van der Waals surface area (Å²) in [5.41, 5.74) is 18.2. The fourth-order valence-electron chi connectivity index (χ4n) is 9.67. The first-order valence-corrected chi connectivity index (χ1v) is 20.9. The highest BCUT2D eigenvalue weighted by atomic mass is 15.1. The highest BCUT2D eigenvalue weighted by molar-refractivity contribution is 6.08. The summed E-state index contributed by atoms with van der Waals surface area (Å²) in [6.07, 6.45) is 0. The molecule has 0 N–H and O–H groups in total. The number of nitrogens with zero attached hydrogens (tertiary/aromatic N) is 1. The van der Waals surface area contributed by atoms with Crippen LogP contribution in [-0.2, 0) is 5.41 Å². The zero-order chi connectivity index (χ0) is 40.2. The maximum Gasteiger partial charge on any atom is 0.0540 e. The Morgan fingerprint density at radius 2 is 0.867 bits per heavy atom. The topological polar surface area (TPSA) is 3.24 Å².